The number of aromatic hydroxyl groups is 1. The van der Waals surface area contributed by atoms with Crippen molar-refractivity contribution < 1.29 is 19.4 Å². The first-order valence-electron chi connectivity index (χ1n) is 3.83. The number of hydrogen-bond acceptors (Lipinski definition) is 2. The summed E-state index contributed by atoms with van der Waals surface area (Å²) in [4.78, 5) is 10.2. The molecule has 0 atom stereocenters. The highest BCUT2D eigenvalue weighted by Crippen LogP contribution is 2.14. The number of benzene rings is 1. The van der Waals surface area contributed by atoms with Gasteiger partial charge in [0.05, 0.1) is 5.56 Å². The Bertz CT molecular complexity index is 297. The summed E-state index contributed by atoms with van der Waals surface area (Å²) in [6, 6.07) is 2.88. The van der Waals surface area contributed by atoms with Crippen LogP contribution in [0.4, 0.5) is 4.39 Å². The van der Waals surface area contributed by atoms with Gasteiger partial charge in [-0.15, -0.1) is 0 Å². The van der Waals surface area contributed by atoms with Crippen molar-refractivity contribution in [2.45, 2.75) is 13.8 Å². The molecule has 1 aromatic rings. The van der Waals surface area contributed by atoms with Gasteiger partial charge in [0.2, 0.25) is 0 Å². The van der Waals surface area contributed by atoms with E-state index in [0.717, 1.165) is 18.2 Å². The molecule has 13 heavy (non-hydrogen) atoms. The summed E-state index contributed by atoms with van der Waals surface area (Å²) in [5.41, 5.74) is -0.442. The number of rotatable bonds is 1. The van der Waals surface area contributed by atoms with Crippen molar-refractivity contribution >= 4 is 5.97 Å². The van der Waals surface area contributed by atoms with E-state index in [-0.39, 0.29) is 5.75 Å². The lowest BCUT2D eigenvalue weighted by atomic mass is 10.2. The molecule has 1 aromatic carbocycles. The van der Waals surface area contributed by atoms with E-state index >= 15 is 0 Å². The Labute approximate surface area is 75.4 Å². The predicted octanol–water partition coefficient (Wildman–Crippen LogP) is 2.26. The van der Waals surface area contributed by atoms with Crippen LogP contribution in [0.1, 0.15) is 24.2 Å². The van der Waals surface area contributed by atoms with Crippen LogP contribution >= 0.6 is 0 Å². The summed E-state index contributed by atoms with van der Waals surface area (Å²) in [5.74, 6) is -2.56. The number of carbonyl (C=O) groups is 1. The van der Waals surface area contributed by atoms with Crippen LogP contribution in [0.2, 0.25) is 0 Å². The van der Waals surface area contributed by atoms with Gasteiger partial charge < -0.3 is 10.2 Å². The van der Waals surface area contributed by atoms with E-state index in [0.29, 0.717) is 0 Å². The average Bonchev–Trinajstić information content (AvgIpc) is 2.07. The van der Waals surface area contributed by atoms with Crippen molar-refractivity contribution in [3.05, 3.63) is 29.6 Å². The Morgan fingerprint density at radius 1 is 1.38 bits per heavy atom. The molecule has 0 spiro atoms. The highest BCUT2D eigenvalue weighted by molar-refractivity contribution is 5.88. The maximum Gasteiger partial charge on any atom is 0.338 e. The van der Waals surface area contributed by atoms with Gasteiger partial charge in [-0.1, -0.05) is 13.8 Å². The molecule has 0 saturated carbocycles. The lowest BCUT2D eigenvalue weighted by molar-refractivity contribution is 0.0692. The third-order valence-electron chi connectivity index (χ3n) is 1.18. The van der Waals surface area contributed by atoms with Gasteiger partial charge in [-0.2, -0.15) is 0 Å². The van der Waals surface area contributed by atoms with E-state index in [4.69, 9.17) is 10.2 Å². The maximum absolute atomic E-state index is 12.6. The van der Waals surface area contributed by atoms with Gasteiger partial charge >= 0.3 is 5.97 Å². The summed E-state index contributed by atoms with van der Waals surface area (Å²) in [7, 11) is 0. The van der Waals surface area contributed by atoms with E-state index < -0.39 is 17.3 Å². The zero-order valence-corrected chi connectivity index (χ0v) is 7.41. The summed E-state index contributed by atoms with van der Waals surface area (Å²) < 4.78 is 12.6. The Hall–Kier alpha value is -1.58. The van der Waals surface area contributed by atoms with Gasteiger partial charge in [0, 0.05) is 6.07 Å². The number of halogens is 1. The van der Waals surface area contributed by atoms with Gasteiger partial charge in [-0.25, -0.2) is 9.18 Å². The molecule has 4 heteroatoms. The molecule has 0 radical (unpaired) electrons. The van der Waals surface area contributed by atoms with Gasteiger partial charge in [-0.3, -0.25) is 0 Å². The Morgan fingerprint density at radius 2 is 1.92 bits per heavy atom. The van der Waals surface area contributed by atoms with Crippen LogP contribution in [0.3, 0.4) is 0 Å². The second-order valence-corrected chi connectivity index (χ2v) is 1.97. The number of phenols is 1. The summed E-state index contributed by atoms with van der Waals surface area (Å²) in [6.07, 6.45) is 0. The van der Waals surface area contributed by atoms with E-state index in [1.807, 2.05) is 13.8 Å². The average molecular weight is 186 g/mol. The van der Waals surface area contributed by atoms with E-state index in [2.05, 4.69) is 0 Å². The molecule has 0 unspecified atom stereocenters. The first-order valence-corrected chi connectivity index (χ1v) is 3.83. The minimum Gasteiger partial charge on any atom is -0.508 e. The first kappa shape index (κ1) is 11.4. The normalized spacial score (nSPS) is 8.54. The second-order valence-electron chi connectivity index (χ2n) is 1.97. The second kappa shape index (κ2) is 5.13. The van der Waals surface area contributed by atoms with E-state index in [1.54, 1.807) is 0 Å². The van der Waals surface area contributed by atoms with Crippen molar-refractivity contribution in [1.29, 1.82) is 0 Å². The molecule has 1 rings (SSSR count). The van der Waals surface area contributed by atoms with Crippen molar-refractivity contribution in [2.75, 3.05) is 0 Å². The molecule has 0 saturated heterocycles. The molecule has 72 valence electrons. The number of carboxylic acid groups (broad SMARTS) is 1. The smallest absolute Gasteiger partial charge is 0.338 e. The molecule has 3 nitrogen and oxygen atoms in total. The fourth-order valence-corrected chi connectivity index (χ4v) is 0.677. The quantitative estimate of drug-likeness (QED) is 0.707. The summed E-state index contributed by atoms with van der Waals surface area (Å²) >= 11 is 0. The summed E-state index contributed by atoms with van der Waals surface area (Å²) in [5, 5.41) is 17.0. The molecular weight excluding hydrogens is 175 g/mol. The molecule has 0 heterocycles. The molecule has 0 amide bonds. The Kier molecular flexibility index (Phi) is 4.51. The monoisotopic (exact) mass is 186 g/mol. The lowest BCUT2D eigenvalue weighted by Gasteiger charge is -1.96. The van der Waals surface area contributed by atoms with Crippen LogP contribution in [-0.2, 0) is 0 Å². The van der Waals surface area contributed by atoms with Gasteiger partial charge in [0.15, 0.2) is 0 Å². The van der Waals surface area contributed by atoms with E-state index in [1.165, 1.54) is 0 Å². The van der Waals surface area contributed by atoms with Gasteiger partial charge in [0.25, 0.3) is 0 Å². The maximum atomic E-state index is 12.6. The fraction of sp³-hybridized carbons (Fsp3) is 0.222. The number of hydrogen-bond donors (Lipinski definition) is 2. The largest absolute Gasteiger partial charge is 0.508 e. The first-order chi connectivity index (χ1) is 6.11. The molecule has 0 aliphatic heterocycles. The molecule has 0 bridgehead atoms. The lowest BCUT2D eigenvalue weighted by Crippen LogP contribution is -1.99. The van der Waals surface area contributed by atoms with Gasteiger partial charge in [-0.05, 0) is 12.1 Å². The molecular formula is C9H11FO3. The minimum absolute atomic E-state index is 0.285. The highest BCUT2D eigenvalue weighted by Gasteiger charge is 2.09. The van der Waals surface area contributed by atoms with Crippen molar-refractivity contribution in [2.24, 2.45) is 0 Å². The van der Waals surface area contributed by atoms with Crippen LogP contribution in [0.15, 0.2) is 18.2 Å². The fourth-order valence-electron chi connectivity index (χ4n) is 0.677. The molecule has 2 N–H and O–H groups in total. The number of phenolic OH excluding ortho intramolecular Hbond substituents is 1. The Balaban J connectivity index is 0.000000671. The molecule has 0 fully saturated rings. The highest BCUT2D eigenvalue weighted by atomic mass is 19.1. The van der Waals surface area contributed by atoms with E-state index in [9.17, 15) is 9.18 Å². The van der Waals surface area contributed by atoms with Crippen molar-refractivity contribution in [3.8, 4) is 5.75 Å². The third-order valence-corrected chi connectivity index (χ3v) is 1.18. The number of aromatic carboxylic acids is 1. The number of carboxylic acids is 1. The van der Waals surface area contributed by atoms with Crippen molar-refractivity contribution in [1.82, 2.24) is 0 Å². The van der Waals surface area contributed by atoms with Crippen LogP contribution < -0.4 is 0 Å². The zero-order valence-electron chi connectivity index (χ0n) is 7.41. The van der Waals surface area contributed by atoms with Gasteiger partial charge in [0.1, 0.15) is 11.6 Å². The molecule has 0 aromatic heterocycles. The van der Waals surface area contributed by atoms with Crippen molar-refractivity contribution in [3.63, 3.8) is 0 Å². The third kappa shape index (κ3) is 3.11. The van der Waals surface area contributed by atoms with Crippen LogP contribution in [0.5, 0.6) is 5.75 Å². The standard InChI is InChI=1S/C7H5FO3.C2H6/c8-6-3-4(9)1-2-5(6)7(10)11;1-2/h1-3,9H,(H,10,11);1-2H3. The van der Waals surface area contributed by atoms with Crippen LogP contribution in [0.25, 0.3) is 0 Å². The topological polar surface area (TPSA) is 57.5 Å². The zero-order chi connectivity index (χ0) is 10.4. The Morgan fingerprint density at radius 3 is 2.31 bits per heavy atom. The SMILES string of the molecule is CC.O=C(O)c1ccc(O)cc1F. The van der Waals surface area contributed by atoms with Crippen LogP contribution in [0, 0.1) is 5.82 Å². The minimum atomic E-state index is -1.34. The molecule has 0 aliphatic rings. The predicted molar refractivity (Wildman–Crippen MR) is 46.4 cm³/mol. The van der Waals surface area contributed by atoms with Crippen LogP contribution in [-0.4, -0.2) is 16.2 Å². The molecule has 0 aliphatic carbocycles. The summed E-state index contributed by atoms with van der Waals surface area (Å²) in [6.45, 7) is 4.00.